The molecule has 0 unspecified atom stereocenters. The predicted octanol–water partition coefficient (Wildman–Crippen LogP) is 5.25. The van der Waals surface area contributed by atoms with E-state index in [9.17, 15) is 4.79 Å². The fraction of sp³-hybridized carbons (Fsp3) is 0.125. The summed E-state index contributed by atoms with van der Waals surface area (Å²) in [5.41, 5.74) is 4.85. The van der Waals surface area contributed by atoms with Crippen molar-refractivity contribution in [2.24, 2.45) is 7.05 Å². The molecule has 0 spiro atoms. The summed E-state index contributed by atoms with van der Waals surface area (Å²) in [5, 5.41) is 6.06. The van der Waals surface area contributed by atoms with Crippen LogP contribution < -0.4 is 0 Å². The van der Waals surface area contributed by atoms with Crippen LogP contribution in [0.5, 0.6) is 0 Å². The van der Waals surface area contributed by atoms with E-state index in [0.717, 1.165) is 33.4 Å². The predicted molar refractivity (Wildman–Crippen MR) is 131 cm³/mol. The standard InChI is InChI=1S/C24H20N4OS2/c1-3-27-23(29)21(31-24(27)30)13-16-14-28(17-9-5-4-6-10-17)25-22(16)19-15-26(2)20-12-8-7-11-18(19)20/h4-15H,3H2,1-2H3. The van der Waals surface area contributed by atoms with Crippen LogP contribution in [0.4, 0.5) is 0 Å². The molecule has 1 amide bonds. The molecule has 1 saturated heterocycles. The third kappa shape index (κ3) is 3.40. The number of carbonyl (C=O) groups excluding carboxylic acids is 1. The zero-order valence-corrected chi connectivity index (χ0v) is 18.8. The van der Waals surface area contributed by atoms with Crippen LogP contribution >= 0.6 is 24.0 Å². The fourth-order valence-electron chi connectivity index (χ4n) is 3.86. The van der Waals surface area contributed by atoms with Gasteiger partial charge in [0.25, 0.3) is 5.91 Å². The maximum Gasteiger partial charge on any atom is 0.266 e. The Balaban J connectivity index is 1.71. The quantitative estimate of drug-likeness (QED) is 0.318. The van der Waals surface area contributed by atoms with Gasteiger partial charge in [0.05, 0.1) is 10.6 Å². The zero-order valence-electron chi connectivity index (χ0n) is 17.1. The summed E-state index contributed by atoms with van der Waals surface area (Å²) in [6, 6.07) is 18.3. The molecule has 0 aliphatic carbocycles. The normalized spacial score (nSPS) is 15.5. The first-order valence-corrected chi connectivity index (χ1v) is 11.2. The number of benzene rings is 2. The summed E-state index contributed by atoms with van der Waals surface area (Å²) in [6.45, 7) is 2.50. The maximum absolute atomic E-state index is 12.8. The Morgan fingerprint density at radius 1 is 1.06 bits per heavy atom. The van der Waals surface area contributed by atoms with Gasteiger partial charge in [0, 0.05) is 48.0 Å². The number of amides is 1. The molecule has 0 saturated carbocycles. The Morgan fingerprint density at radius 2 is 1.81 bits per heavy atom. The van der Waals surface area contributed by atoms with E-state index >= 15 is 0 Å². The number of aromatic nitrogens is 3. The molecule has 1 aliphatic rings. The van der Waals surface area contributed by atoms with Crippen LogP contribution in [0.2, 0.25) is 0 Å². The Kier molecular flexibility index (Phi) is 5.00. The van der Waals surface area contributed by atoms with Gasteiger partial charge in [-0.1, -0.05) is 60.4 Å². The molecule has 154 valence electrons. The number of thioether (sulfide) groups is 1. The number of likely N-dealkylation sites (N-methyl/N-ethyl adjacent to an activating group) is 1. The number of carbonyl (C=O) groups is 1. The van der Waals surface area contributed by atoms with Crippen LogP contribution in [0.1, 0.15) is 12.5 Å². The lowest BCUT2D eigenvalue weighted by Crippen LogP contribution is -2.27. The minimum Gasteiger partial charge on any atom is -0.350 e. The second-order valence-electron chi connectivity index (χ2n) is 7.31. The van der Waals surface area contributed by atoms with Gasteiger partial charge in [0.1, 0.15) is 10.0 Å². The van der Waals surface area contributed by atoms with Gasteiger partial charge in [-0.25, -0.2) is 4.68 Å². The van der Waals surface area contributed by atoms with Gasteiger partial charge in [-0.15, -0.1) is 0 Å². The van der Waals surface area contributed by atoms with Crippen molar-refractivity contribution < 1.29 is 4.79 Å². The van der Waals surface area contributed by atoms with Gasteiger partial charge in [-0.2, -0.15) is 5.10 Å². The first-order valence-electron chi connectivity index (χ1n) is 10.0. The van der Waals surface area contributed by atoms with Crippen LogP contribution in [0.15, 0.2) is 71.9 Å². The Hall–Kier alpha value is -3.16. The third-order valence-corrected chi connectivity index (χ3v) is 6.77. The van der Waals surface area contributed by atoms with E-state index in [1.807, 2.05) is 73.4 Å². The van der Waals surface area contributed by atoms with E-state index in [2.05, 4.69) is 22.9 Å². The largest absolute Gasteiger partial charge is 0.350 e. The molecule has 2 aromatic heterocycles. The molecule has 5 nitrogen and oxygen atoms in total. The number of aryl methyl sites for hydroxylation is 1. The summed E-state index contributed by atoms with van der Waals surface area (Å²) in [6.07, 6.45) is 5.99. The minimum atomic E-state index is -0.0474. The molecule has 0 N–H and O–H groups in total. The van der Waals surface area contributed by atoms with E-state index in [-0.39, 0.29) is 5.91 Å². The Morgan fingerprint density at radius 3 is 2.55 bits per heavy atom. The van der Waals surface area contributed by atoms with Gasteiger partial charge >= 0.3 is 0 Å². The zero-order chi connectivity index (χ0) is 21.5. The Labute approximate surface area is 190 Å². The molecule has 0 atom stereocenters. The lowest BCUT2D eigenvalue weighted by atomic mass is 10.1. The van der Waals surface area contributed by atoms with Crippen molar-refractivity contribution in [1.82, 2.24) is 19.2 Å². The summed E-state index contributed by atoms with van der Waals surface area (Å²) < 4.78 is 4.57. The highest BCUT2D eigenvalue weighted by molar-refractivity contribution is 8.26. The van der Waals surface area contributed by atoms with Crippen LogP contribution in [-0.4, -0.2) is 36.0 Å². The summed E-state index contributed by atoms with van der Waals surface area (Å²) >= 11 is 6.73. The van der Waals surface area contributed by atoms with E-state index in [1.54, 1.807) is 4.90 Å². The molecule has 1 fully saturated rings. The highest BCUT2D eigenvalue weighted by atomic mass is 32.2. The van der Waals surface area contributed by atoms with Crippen molar-refractivity contribution in [3.05, 3.63) is 77.5 Å². The van der Waals surface area contributed by atoms with Gasteiger partial charge < -0.3 is 4.57 Å². The second kappa shape index (κ2) is 7.83. The van der Waals surface area contributed by atoms with Crippen molar-refractivity contribution in [1.29, 1.82) is 0 Å². The number of rotatable bonds is 4. The minimum absolute atomic E-state index is 0.0474. The summed E-state index contributed by atoms with van der Waals surface area (Å²) in [7, 11) is 2.03. The summed E-state index contributed by atoms with van der Waals surface area (Å²) in [4.78, 5) is 15.1. The van der Waals surface area contributed by atoms with Crippen molar-refractivity contribution in [3.63, 3.8) is 0 Å². The SMILES string of the molecule is CCN1C(=O)C(=Cc2cn(-c3ccccc3)nc2-c2cn(C)c3ccccc23)SC1=S. The maximum atomic E-state index is 12.8. The smallest absolute Gasteiger partial charge is 0.266 e. The lowest BCUT2D eigenvalue weighted by molar-refractivity contribution is -0.121. The molecular weight excluding hydrogens is 424 g/mol. The Bertz CT molecular complexity index is 1350. The van der Waals surface area contributed by atoms with E-state index in [4.69, 9.17) is 17.3 Å². The van der Waals surface area contributed by atoms with Crippen LogP contribution in [0.25, 0.3) is 33.9 Å². The number of hydrogen-bond acceptors (Lipinski definition) is 4. The van der Waals surface area contributed by atoms with Crippen molar-refractivity contribution in [2.45, 2.75) is 6.92 Å². The molecule has 0 bridgehead atoms. The first kappa shape index (κ1) is 19.8. The van der Waals surface area contributed by atoms with Crippen LogP contribution in [-0.2, 0) is 11.8 Å². The number of thiocarbonyl (C=S) groups is 1. The highest BCUT2D eigenvalue weighted by Crippen LogP contribution is 2.36. The number of fused-ring (bicyclic) bond motifs is 1. The topological polar surface area (TPSA) is 43.1 Å². The van der Waals surface area contributed by atoms with Crippen molar-refractivity contribution in [3.8, 4) is 16.9 Å². The van der Waals surface area contributed by atoms with Gasteiger partial charge in [0.15, 0.2) is 0 Å². The van der Waals surface area contributed by atoms with Gasteiger partial charge in [-0.3, -0.25) is 9.69 Å². The van der Waals surface area contributed by atoms with E-state index < -0.39 is 0 Å². The molecular formula is C24H20N4OS2. The lowest BCUT2D eigenvalue weighted by Gasteiger charge is -2.09. The van der Waals surface area contributed by atoms with E-state index in [0.29, 0.717) is 15.8 Å². The summed E-state index contributed by atoms with van der Waals surface area (Å²) in [5.74, 6) is -0.0474. The third-order valence-electron chi connectivity index (χ3n) is 5.39. The molecule has 4 aromatic rings. The number of hydrogen-bond donors (Lipinski definition) is 0. The molecule has 1 aliphatic heterocycles. The fourth-order valence-corrected chi connectivity index (χ4v) is 5.23. The molecule has 0 radical (unpaired) electrons. The number of para-hydroxylation sites is 2. The molecule has 3 heterocycles. The average Bonchev–Trinajstić information content (AvgIpc) is 3.43. The molecule has 5 rings (SSSR count). The highest BCUT2D eigenvalue weighted by Gasteiger charge is 2.31. The van der Waals surface area contributed by atoms with Crippen molar-refractivity contribution in [2.75, 3.05) is 6.54 Å². The molecule has 31 heavy (non-hydrogen) atoms. The molecule has 2 aromatic carbocycles. The number of nitrogens with zero attached hydrogens (tertiary/aromatic N) is 4. The monoisotopic (exact) mass is 444 g/mol. The van der Waals surface area contributed by atoms with Gasteiger partial charge in [0.2, 0.25) is 0 Å². The van der Waals surface area contributed by atoms with Crippen LogP contribution in [0.3, 0.4) is 0 Å². The van der Waals surface area contributed by atoms with E-state index in [1.165, 1.54) is 11.8 Å². The van der Waals surface area contributed by atoms with Crippen molar-refractivity contribution >= 4 is 51.2 Å². The first-order chi connectivity index (χ1) is 15.1. The van der Waals surface area contributed by atoms with Gasteiger partial charge in [-0.05, 0) is 31.2 Å². The molecule has 7 heteroatoms. The second-order valence-corrected chi connectivity index (χ2v) is 8.99. The van der Waals surface area contributed by atoms with Crippen LogP contribution in [0, 0.1) is 0 Å². The average molecular weight is 445 g/mol.